The molecular weight excluding hydrogens is 194 g/mol. The van der Waals surface area contributed by atoms with Crippen LogP contribution < -0.4 is 0 Å². The first-order valence-electron chi connectivity index (χ1n) is 5.60. The molecule has 0 bridgehead atoms. The number of nitrogens with zero attached hydrogens (tertiary/aromatic N) is 1. The standard InChI is InChI=1S/C15H16N/c1-16-12-11-13-7-9-15(10-8-13)14-5-3-2-4-6-14/h2-10H,11-12H2,1H3/q-1. The summed E-state index contributed by atoms with van der Waals surface area (Å²) in [6.07, 6.45) is 1.03. The van der Waals surface area contributed by atoms with Gasteiger partial charge in [0.2, 0.25) is 0 Å². The Morgan fingerprint density at radius 3 is 2.06 bits per heavy atom. The highest BCUT2D eigenvalue weighted by molar-refractivity contribution is 5.63. The first kappa shape index (κ1) is 10.9. The van der Waals surface area contributed by atoms with Gasteiger partial charge < -0.3 is 5.32 Å². The van der Waals surface area contributed by atoms with Crippen molar-refractivity contribution >= 4 is 0 Å². The van der Waals surface area contributed by atoms with E-state index in [-0.39, 0.29) is 0 Å². The van der Waals surface area contributed by atoms with Gasteiger partial charge in [0.25, 0.3) is 0 Å². The maximum Gasteiger partial charge on any atom is -0.0184 e. The average Bonchev–Trinajstić information content (AvgIpc) is 2.38. The van der Waals surface area contributed by atoms with Crippen molar-refractivity contribution in [1.29, 1.82) is 0 Å². The Bertz CT molecular complexity index is 417. The normalized spacial score (nSPS) is 10.3. The minimum atomic E-state index is 0.907. The summed E-state index contributed by atoms with van der Waals surface area (Å²) < 4.78 is 0. The van der Waals surface area contributed by atoms with Crippen molar-refractivity contribution in [2.45, 2.75) is 6.42 Å². The largest absolute Gasteiger partial charge is 0.665 e. The lowest BCUT2D eigenvalue weighted by atomic mass is 10.0. The molecule has 2 aromatic carbocycles. The van der Waals surface area contributed by atoms with E-state index in [0.717, 1.165) is 13.0 Å². The highest BCUT2D eigenvalue weighted by atomic mass is 14.8. The second-order valence-corrected chi connectivity index (χ2v) is 3.85. The lowest BCUT2D eigenvalue weighted by Crippen LogP contribution is -1.89. The topological polar surface area (TPSA) is 14.1 Å². The predicted octanol–water partition coefficient (Wildman–Crippen LogP) is 3.90. The van der Waals surface area contributed by atoms with Crippen LogP contribution in [0, 0.1) is 0 Å². The molecular formula is C15H16N-. The van der Waals surface area contributed by atoms with Crippen LogP contribution in [-0.2, 0) is 6.42 Å². The third kappa shape index (κ3) is 2.71. The smallest absolute Gasteiger partial charge is 0.0184 e. The van der Waals surface area contributed by atoms with Gasteiger partial charge in [0.15, 0.2) is 0 Å². The SMILES string of the molecule is C[N-]CCc1ccc(-c2ccccc2)cc1. The lowest BCUT2D eigenvalue weighted by Gasteiger charge is -2.10. The predicted molar refractivity (Wildman–Crippen MR) is 69.7 cm³/mol. The van der Waals surface area contributed by atoms with E-state index in [1.165, 1.54) is 16.7 Å². The van der Waals surface area contributed by atoms with Gasteiger partial charge >= 0.3 is 0 Å². The van der Waals surface area contributed by atoms with Gasteiger partial charge in [0.1, 0.15) is 0 Å². The van der Waals surface area contributed by atoms with Gasteiger partial charge in [0, 0.05) is 0 Å². The highest BCUT2D eigenvalue weighted by Gasteiger charge is 1.95. The molecule has 0 amide bonds. The molecule has 82 valence electrons. The van der Waals surface area contributed by atoms with E-state index >= 15 is 0 Å². The number of likely N-dealkylation sites (N-methyl/N-ethyl adjacent to an activating group) is 1. The number of benzene rings is 2. The zero-order valence-electron chi connectivity index (χ0n) is 9.56. The zero-order chi connectivity index (χ0) is 11.2. The van der Waals surface area contributed by atoms with Crippen LogP contribution in [-0.4, -0.2) is 13.6 Å². The fraction of sp³-hybridized carbons (Fsp3) is 0.200. The number of rotatable bonds is 4. The molecule has 0 atom stereocenters. The van der Waals surface area contributed by atoms with Crippen LogP contribution in [0.4, 0.5) is 0 Å². The Hall–Kier alpha value is -1.60. The summed E-state index contributed by atoms with van der Waals surface area (Å²) >= 11 is 0. The molecule has 2 aromatic rings. The number of hydrogen-bond donors (Lipinski definition) is 0. The van der Waals surface area contributed by atoms with Gasteiger partial charge in [0.05, 0.1) is 0 Å². The molecule has 0 saturated heterocycles. The van der Waals surface area contributed by atoms with Gasteiger partial charge in [-0.2, -0.15) is 7.05 Å². The third-order valence-electron chi connectivity index (χ3n) is 2.69. The van der Waals surface area contributed by atoms with Crippen molar-refractivity contribution in [3.63, 3.8) is 0 Å². The first-order valence-corrected chi connectivity index (χ1v) is 5.60. The van der Waals surface area contributed by atoms with Crippen LogP contribution in [0.3, 0.4) is 0 Å². The highest BCUT2D eigenvalue weighted by Crippen LogP contribution is 2.19. The van der Waals surface area contributed by atoms with E-state index in [2.05, 4.69) is 53.8 Å². The molecule has 0 unspecified atom stereocenters. The van der Waals surface area contributed by atoms with Crippen molar-refractivity contribution in [2.75, 3.05) is 13.6 Å². The van der Waals surface area contributed by atoms with Gasteiger partial charge in [-0.1, -0.05) is 54.6 Å². The Morgan fingerprint density at radius 2 is 1.44 bits per heavy atom. The van der Waals surface area contributed by atoms with Crippen molar-refractivity contribution in [3.8, 4) is 11.1 Å². The van der Waals surface area contributed by atoms with Gasteiger partial charge in [-0.15, -0.1) is 6.54 Å². The van der Waals surface area contributed by atoms with E-state index in [1.807, 2.05) is 13.1 Å². The van der Waals surface area contributed by atoms with E-state index in [4.69, 9.17) is 0 Å². The molecule has 1 heteroatoms. The van der Waals surface area contributed by atoms with Crippen LogP contribution >= 0.6 is 0 Å². The summed E-state index contributed by atoms with van der Waals surface area (Å²) in [5.74, 6) is 0. The molecule has 0 aliphatic carbocycles. The van der Waals surface area contributed by atoms with Gasteiger partial charge in [-0.25, -0.2) is 0 Å². The van der Waals surface area contributed by atoms with E-state index in [0.29, 0.717) is 0 Å². The summed E-state index contributed by atoms with van der Waals surface area (Å²) in [5, 5.41) is 4.11. The molecule has 2 rings (SSSR count). The molecule has 0 saturated carbocycles. The summed E-state index contributed by atoms with van der Waals surface area (Å²) in [5.41, 5.74) is 3.90. The monoisotopic (exact) mass is 210 g/mol. The van der Waals surface area contributed by atoms with Gasteiger partial charge in [-0.3, -0.25) is 0 Å². The molecule has 0 heterocycles. The Morgan fingerprint density at radius 1 is 0.812 bits per heavy atom. The lowest BCUT2D eigenvalue weighted by molar-refractivity contribution is 1.04. The summed E-state index contributed by atoms with van der Waals surface area (Å²) in [4.78, 5) is 0. The molecule has 0 spiro atoms. The molecule has 0 fully saturated rings. The van der Waals surface area contributed by atoms with E-state index < -0.39 is 0 Å². The van der Waals surface area contributed by atoms with Crippen LogP contribution in [0.2, 0.25) is 0 Å². The zero-order valence-corrected chi connectivity index (χ0v) is 9.56. The molecule has 0 N–H and O–H groups in total. The van der Waals surface area contributed by atoms with Crippen molar-refractivity contribution in [1.82, 2.24) is 0 Å². The second-order valence-electron chi connectivity index (χ2n) is 3.85. The Labute approximate surface area is 97.1 Å². The fourth-order valence-electron chi connectivity index (χ4n) is 1.74. The summed E-state index contributed by atoms with van der Waals surface area (Å²) in [6, 6.07) is 19.2. The van der Waals surface area contributed by atoms with Crippen LogP contribution in [0.25, 0.3) is 16.4 Å². The average molecular weight is 210 g/mol. The van der Waals surface area contributed by atoms with Crippen molar-refractivity contribution < 1.29 is 0 Å². The van der Waals surface area contributed by atoms with Crippen LogP contribution in [0.15, 0.2) is 54.6 Å². The first-order chi connectivity index (χ1) is 7.90. The molecule has 1 nitrogen and oxygen atoms in total. The van der Waals surface area contributed by atoms with Crippen LogP contribution in [0.1, 0.15) is 5.56 Å². The summed E-state index contributed by atoms with van der Waals surface area (Å²) in [7, 11) is 1.86. The minimum absolute atomic E-state index is 0.907. The van der Waals surface area contributed by atoms with Crippen molar-refractivity contribution in [2.24, 2.45) is 0 Å². The minimum Gasteiger partial charge on any atom is -0.665 e. The van der Waals surface area contributed by atoms with Crippen molar-refractivity contribution in [3.05, 3.63) is 65.5 Å². The molecule has 0 aliphatic heterocycles. The van der Waals surface area contributed by atoms with E-state index in [1.54, 1.807) is 0 Å². The third-order valence-corrected chi connectivity index (χ3v) is 2.69. The van der Waals surface area contributed by atoms with Crippen LogP contribution in [0.5, 0.6) is 0 Å². The van der Waals surface area contributed by atoms with E-state index in [9.17, 15) is 0 Å². The maximum atomic E-state index is 4.11. The maximum absolute atomic E-state index is 4.11. The molecule has 0 aromatic heterocycles. The quantitative estimate of drug-likeness (QED) is 0.726. The molecule has 0 aliphatic rings. The Balaban J connectivity index is 2.13. The van der Waals surface area contributed by atoms with Gasteiger partial charge in [-0.05, 0) is 23.1 Å². The number of hydrogen-bond acceptors (Lipinski definition) is 0. The Kier molecular flexibility index (Phi) is 3.73. The second kappa shape index (κ2) is 5.47. The molecule has 16 heavy (non-hydrogen) atoms. The molecule has 0 radical (unpaired) electrons. The fourth-order valence-corrected chi connectivity index (χ4v) is 1.74. The summed E-state index contributed by atoms with van der Waals surface area (Å²) in [6.45, 7) is 0.907.